The van der Waals surface area contributed by atoms with Crippen molar-refractivity contribution in [3.63, 3.8) is 0 Å². The van der Waals surface area contributed by atoms with Gasteiger partial charge in [0.15, 0.2) is 0 Å². The second kappa shape index (κ2) is 4.32. The van der Waals surface area contributed by atoms with Gasteiger partial charge in [0.05, 0.1) is 0 Å². The lowest BCUT2D eigenvalue weighted by molar-refractivity contribution is 1.63. The third-order valence-corrected chi connectivity index (χ3v) is 1.59. The quantitative estimate of drug-likeness (QED) is 0.567. The first-order valence-electron chi connectivity index (χ1n) is 2.30. The van der Waals surface area contributed by atoms with Gasteiger partial charge in [-0.05, 0) is 46.9 Å². The molecule has 50 valence electrons. The van der Waals surface area contributed by atoms with Gasteiger partial charge in [-0.2, -0.15) is 0 Å². The molecule has 1 nitrogen and oxygen atoms in total. The minimum Gasteiger partial charge on any atom is -0.399 e. The van der Waals surface area contributed by atoms with E-state index in [-0.39, 0.29) is 24.0 Å². The number of nitrogens with two attached hydrogens (primary N) is 1. The van der Waals surface area contributed by atoms with E-state index in [4.69, 9.17) is 5.73 Å². The molecule has 3 heteroatoms. The van der Waals surface area contributed by atoms with Crippen molar-refractivity contribution in [1.82, 2.24) is 0 Å². The Balaban J connectivity index is 0.000000640. The van der Waals surface area contributed by atoms with E-state index < -0.39 is 0 Å². The van der Waals surface area contributed by atoms with Gasteiger partial charge in [0.25, 0.3) is 0 Å². The molecule has 0 aliphatic rings. The van der Waals surface area contributed by atoms with Gasteiger partial charge in [-0.1, -0.05) is 0 Å². The first kappa shape index (κ1) is 9.48. The van der Waals surface area contributed by atoms with Gasteiger partial charge >= 0.3 is 0 Å². The van der Waals surface area contributed by atoms with Crippen molar-refractivity contribution in [2.75, 3.05) is 5.73 Å². The molecule has 0 aliphatic carbocycles. The fourth-order valence-corrected chi connectivity index (χ4v) is 0.822. The van der Waals surface area contributed by atoms with Gasteiger partial charge < -0.3 is 5.73 Å². The lowest BCUT2D eigenvalue weighted by Crippen LogP contribution is -1.81. The standard InChI is InChI=1S/C6H6IN.HI/c7-5-1-3-6(8)4-2-5;/h1-4H,8H2;1H. The molecule has 0 saturated heterocycles. The summed E-state index contributed by atoms with van der Waals surface area (Å²) in [5.41, 5.74) is 6.25. The SMILES string of the molecule is I.Nc1ccc(I)cc1. The Morgan fingerprint density at radius 1 is 1.11 bits per heavy atom. The van der Waals surface area contributed by atoms with Gasteiger partial charge in [0.1, 0.15) is 0 Å². The van der Waals surface area contributed by atoms with Crippen LogP contribution in [0, 0.1) is 3.57 Å². The van der Waals surface area contributed by atoms with Crippen molar-refractivity contribution in [1.29, 1.82) is 0 Å². The van der Waals surface area contributed by atoms with Crippen LogP contribution in [0.5, 0.6) is 0 Å². The number of benzene rings is 1. The van der Waals surface area contributed by atoms with Crippen molar-refractivity contribution >= 4 is 52.3 Å². The Labute approximate surface area is 85.2 Å². The van der Waals surface area contributed by atoms with Crippen LogP contribution in [0.4, 0.5) is 5.69 Å². The summed E-state index contributed by atoms with van der Waals surface area (Å²) in [6.07, 6.45) is 0. The lowest BCUT2D eigenvalue weighted by atomic mass is 10.3. The Bertz CT molecular complexity index is 150. The minimum absolute atomic E-state index is 0. The van der Waals surface area contributed by atoms with Crippen LogP contribution in [0.1, 0.15) is 0 Å². The van der Waals surface area contributed by atoms with E-state index in [0.717, 1.165) is 5.69 Å². The number of hydrogen-bond acceptors (Lipinski definition) is 1. The molecule has 0 saturated carbocycles. The Kier molecular flexibility index (Phi) is 4.55. The van der Waals surface area contributed by atoms with Crippen LogP contribution in [0.2, 0.25) is 0 Å². The summed E-state index contributed by atoms with van der Waals surface area (Å²) < 4.78 is 1.22. The highest BCUT2D eigenvalue weighted by molar-refractivity contribution is 14.1. The van der Waals surface area contributed by atoms with Crippen molar-refractivity contribution in [3.05, 3.63) is 27.8 Å². The van der Waals surface area contributed by atoms with Crippen LogP contribution in [-0.4, -0.2) is 0 Å². The molecule has 1 aromatic rings. The average molecular weight is 347 g/mol. The second-order valence-electron chi connectivity index (χ2n) is 1.55. The number of anilines is 1. The predicted octanol–water partition coefficient (Wildman–Crippen LogP) is 2.49. The van der Waals surface area contributed by atoms with Gasteiger partial charge in [0, 0.05) is 9.26 Å². The van der Waals surface area contributed by atoms with Crippen molar-refractivity contribution < 1.29 is 0 Å². The number of rotatable bonds is 0. The largest absolute Gasteiger partial charge is 0.399 e. The molecule has 0 atom stereocenters. The fraction of sp³-hybridized carbons (Fsp3) is 0. The topological polar surface area (TPSA) is 26.0 Å². The first-order valence-corrected chi connectivity index (χ1v) is 3.38. The molecule has 0 spiro atoms. The zero-order chi connectivity index (χ0) is 5.98. The molecule has 0 aromatic heterocycles. The van der Waals surface area contributed by atoms with Gasteiger partial charge in [0.2, 0.25) is 0 Å². The molecule has 0 fully saturated rings. The maximum Gasteiger partial charge on any atom is 0.0314 e. The van der Waals surface area contributed by atoms with E-state index in [0.29, 0.717) is 0 Å². The van der Waals surface area contributed by atoms with Gasteiger partial charge in [-0.25, -0.2) is 0 Å². The van der Waals surface area contributed by atoms with E-state index in [2.05, 4.69) is 22.6 Å². The third-order valence-electron chi connectivity index (χ3n) is 0.870. The smallest absolute Gasteiger partial charge is 0.0314 e. The van der Waals surface area contributed by atoms with Crippen LogP contribution in [0.3, 0.4) is 0 Å². The molecule has 0 amide bonds. The number of hydrogen-bond donors (Lipinski definition) is 1. The summed E-state index contributed by atoms with van der Waals surface area (Å²) in [6, 6.07) is 7.75. The molecule has 0 heterocycles. The lowest BCUT2D eigenvalue weighted by Gasteiger charge is -1.89. The van der Waals surface area contributed by atoms with Gasteiger partial charge in [-0.15, -0.1) is 24.0 Å². The maximum absolute atomic E-state index is 5.42. The fourth-order valence-electron chi connectivity index (χ4n) is 0.463. The average Bonchev–Trinajstić information content (AvgIpc) is 1.77. The van der Waals surface area contributed by atoms with E-state index in [1.54, 1.807) is 0 Å². The highest BCUT2D eigenvalue weighted by Crippen LogP contribution is 2.06. The van der Waals surface area contributed by atoms with E-state index in [1.807, 2.05) is 24.3 Å². The van der Waals surface area contributed by atoms with Crippen molar-refractivity contribution in [2.24, 2.45) is 0 Å². The van der Waals surface area contributed by atoms with E-state index in [1.165, 1.54) is 3.57 Å². The number of nitrogen functional groups attached to an aromatic ring is 1. The van der Waals surface area contributed by atoms with Gasteiger partial charge in [-0.3, -0.25) is 0 Å². The monoisotopic (exact) mass is 347 g/mol. The van der Waals surface area contributed by atoms with Crippen molar-refractivity contribution in [2.45, 2.75) is 0 Å². The van der Waals surface area contributed by atoms with E-state index >= 15 is 0 Å². The van der Waals surface area contributed by atoms with Crippen LogP contribution in [0.15, 0.2) is 24.3 Å². The number of halogens is 2. The second-order valence-corrected chi connectivity index (χ2v) is 2.80. The van der Waals surface area contributed by atoms with Crippen LogP contribution in [-0.2, 0) is 0 Å². The summed E-state index contributed by atoms with van der Waals surface area (Å²) in [5.74, 6) is 0. The summed E-state index contributed by atoms with van der Waals surface area (Å²) in [6.45, 7) is 0. The summed E-state index contributed by atoms with van der Waals surface area (Å²) in [7, 11) is 0. The summed E-state index contributed by atoms with van der Waals surface area (Å²) in [4.78, 5) is 0. The molecular weight excluding hydrogens is 340 g/mol. The molecule has 1 aromatic carbocycles. The summed E-state index contributed by atoms with van der Waals surface area (Å²) in [5, 5.41) is 0. The first-order chi connectivity index (χ1) is 3.79. The maximum atomic E-state index is 5.42. The highest BCUT2D eigenvalue weighted by atomic mass is 127. The van der Waals surface area contributed by atoms with Crippen LogP contribution >= 0.6 is 46.6 Å². The Morgan fingerprint density at radius 2 is 1.56 bits per heavy atom. The molecule has 2 N–H and O–H groups in total. The molecule has 0 radical (unpaired) electrons. The predicted molar refractivity (Wildman–Crippen MR) is 59.0 cm³/mol. The van der Waals surface area contributed by atoms with Crippen LogP contribution in [0.25, 0.3) is 0 Å². The minimum atomic E-state index is 0. The molecular formula is C6H7I2N. The van der Waals surface area contributed by atoms with Crippen molar-refractivity contribution in [3.8, 4) is 0 Å². The molecule has 0 bridgehead atoms. The highest BCUT2D eigenvalue weighted by Gasteiger charge is 1.81. The normalized spacial score (nSPS) is 8.11. The molecule has 0 aliphatic heterocycles. The summed E-state index contributed by atoms with van der Waals surface area (Å²) >= 11 is 2.24. The van der Waals surface area contributed by atoms with E-state index in [9.17, 15) is 0 Å². The third kappa shape index (κ3) is 3.24. The van der Waals surface area contributed by atoms with Crippen LogP contribution < -0.4 is 5.73 Å². The molecule has 9 heavy (non-hydrogen) atoms. The Hall–Kier alpha value is 0.480. The zero-order valence-electron chi connectivity index (χ0n) is 4.67. The zero-order valence-corrected chi connectivity index (χ0v) is 9.16. The molecule has 0 unspecified atom stereocenters. The molecule has 1 rings (SSSR count). The Morgan fingerprint density at radius 3 is 1.89 bits per heavy atom.